The number of likely N-dealkylation sites (N-methyl/N-ethyl adjacent to an activating group) is 1. The van der Waals surface area contributed by atoms with Crippen LogP contribution in [0.2, 0.25) is 0 Å². The van der Waals surface area contributed by atoms with Gasteiger partial charge in [0.1, 0.15) is 11.5 Å². The Morgan fingerprint density at radius 2 is 1.58 bits per heavy atom. The number of hydrogen-bond donors (Lipinski definition) is 2. The van der Waals surface area contributed by atoms with Crippen molar-refractivity contribution in [3.05, 3.63) is 64.6 Å². The average Bonchev–Trinajstić information content (AvgIpc) is 2.58. The summed E-state index contributed by atoms with van der Waals surface area (Å²) in [5.74, 6) is -1.16. The molecule has 0 spiro atoms. The van der Waals surface area contributed by atoms with Gasteiger partial charge >= 0.3 is 0 Å². The number of nitrogens with zero attached hydrogens (tertiary/aromatic N) is 2. The summed E-state index contributed by atoms with van der Waals surface area (Å²) in [7, 11) is 7.29. The smallest absolute Gasteiger partial charge is 0.202 e. The zero-order chi connectivity index (χ0) is 19.2. The first-order valence-electron chi connectivity index (χ1n) is 8.07. The molecule has 0 saturated heterocycles. The Kier molecular flexibility index (Phi) is 4.20. The topological polar surface area (TPSA) is 81.1 Å². The summed E-state index contributed by atoms with van der Waals surface area (Å²) in [6, 6.07) is 4.84. The molecule has 0 radical (unpaired) electrons. The highest BCUT2D eigenvalue weighted by atomic mass is 16.3. The maximum Gasteiger partial charge on any atom is 0.202 e. The van der Waals surface area contributed by atoms with E-state index in [-0.39, 0.29) is 39.6 Å². The zero-order valence-corrected chi connectivity index (χ0v) is 15.1. The summed E-state index contributed by atoms with van der Waals surface area (Å²) in [6.45, 7) is 0. The molecule has 26 heavy (non-hydrogen) atoms. The predicted octanol–water partition coefficient (Wildman–Crippen LogP) is 2.19. The fourth-order valence-corrected chi connectivity index (χ4v) is 2.91. The second kappa shape index (κ2) is 6.22. The number of aliphatic hydroxyl groups is 1. The maximum atomic E-state index is 12.6. The van der Waals surface area contributed by atoms with Gasteiger partial charge < -0.3 is 20.0 Å². The van der Waals surface area contributed by atoms with Crippen LogP contribution in [0.3, 0.4) is 0 Å². The van der Waals surface area contributed by atoms with Gasteiger partial charge in [-0.2, -0.15) is 0 Å². The molecule has 6 nitrogen and oxygen atoms in total. The first-order chi connectivity index (χ1) is 12.2. The molecule has 0 unspecified atom stereocenters. The Morgan fingerprint density at radius 1 is 0.885 bits per heavy atom. The number of ketones is 2. The van der Waals surface area contributed by atoms with Gasteiger partial charge in [-0.3, -0.25) is 9.59 Å². The molecule has 0 amide bonds. The van der Waals surface area contributed by atoms with E-state index in [0.717, 1.165) is 5.69 Å². The number of rotatable bonds is 3. The van der Waals surface area contributed by atoms with E-state index in [4.69, 9.17) is 0 Å². The second-order valence-corrected chi connectivity index (χ2v) is 6.60. The SMILES string of the molecule is CN(C)C1=CC(=O)/C(=C2/C(=O)C(c3ccc(N(C)C)cc3O)=C2O)C=C1. The van der Waals surface area contributed by atoms with Crippen LogP contribution < -0.4 is 4.90 Å². The lowest BCUT2D eigenvalue weighted by Gasteiger charge is -2.25. The quantitative estimate of drug-likeness (QED) is 0.812. The van der Waals surface area contributed by atoms with Gasteiger partial charge in [0.15, 0.2) is 5.78 Å². The van der Waals surface area contributed by atoms with Crippen LogP contribution in [0.4, 0.5) is 5.69 Å². The lowest BCUT2D eigenvalue weighted by molar-refractivity contribution is -0.114. The van der Waals surface area contributed by atoms with E-state index in [1.54, 1.807) is 23.1 Å². The third-order valence-corrected chi connectivity index (χ3v) is 4.45. The number of carbonyl (C=O) groups is 2. The molecule has 0 saturated carbocycles. The van der Waals surface area contributed by atoms with Crippen LogP contribution in [-0.4, -0.2) is 54.9 Å². The third-order valence-electron chi connectivity index (χ3n) is 4.45. The van der Waals surface area contributed by atoms with E-state index in [1.807, 2.05) is 33.1 Å². The number of carbonyl (C=O) groups excluding carboxylic acids is 2. The van der Waals surface area contributed by atoms with Gasteiger partial charge in [0.25, 0.3) is 0 Å². The Balaban J connectivity index is 2.02. The maximum absolute atomic E-state index is 12.6. The van der Waals surface area contributed by atoms with Crippen molar-refractivity contribution in [2.45, 2.75) is 0 Å². The molecule has 1 aromatic carbocycles. The normalized spacial score (nSPS) is 19.5. The highest BCUT2D eigenvalue weighted by Crippen LogP contribution is 2.42. The molecule has 3 rings (SSSR count). The van der Waals surface area contributed by atoms with Crippen LogP contribution in [0.1, 0.15) is 5.56 Å². The van der Waals surface area contributed by atoms with Crippen molar-refractivity contribution in [1.82, 2.24) is 4.90 Å². The van der Waals surface area contributed by atoms with Crippen LogP contribution in [0.5, 0.6) is 5.75 Å². The molecule has 0 aliphatic heterocycles. The van der Waals surface area contributed by atoms with Gasteiger partial charge in [0.05, 0.1) is 11.1 Å². The molecule has 2 aliphatic carbocycles. The standard InChI is InChI=1S/C20H20N2O4/c1-21(2)11-5-7-13(15(23)9-11)17-19(25)18(20(17)26)14-8-6-12(22(3)4)10-16(14)24/h5-10,23,25H,1-4H3/b18-14+. The van der Waals surface area contributed by atoms with Gasteiger partial charge in [-0.15, -0.1) is 0 Å². The number of aliphatic hydroxyl groups excluding tert-OH is 1. The Labute approximate surface area is 151 Å². The molecular formula is C20H20N2O4. The fourth-order valence-electron chi connectivity index (χ4n) is 2.91. The zero-order valence-electron chi connectivity index (χ0n) is 15.1. The van der Waals surface area contributed by atoms with E-state index in [2.05, 4.69) is 0 Å². The number of phenolic OH excluding ortho intramolecular Hbond substituents is 1. The minimum absolute atomic E-state index is 0.00797. The molecule has 2 N–H and O–H groups in total. The summed E-state index contributed by atoms with van der Waals surface area (Å²) in [6.07, 6.45) is 4.67. The first kappa shape index (κ1) is 17.5. The van der Waals surface area contributed by atoms with Gasteiger partial charge in [-0.1, -0.05) is 0 Å². The van der Waals surface area contributed by atoms with Crippen molar-refractivity contribution in [1.29, 1.82) is 0 Å². The lowest BCUT2D eigenvalue weighted by Crippen LogP contribution is -2.26. The molecule has 134 valence electrons. The number of aromatic hydroxyl groups is 1. The highest BCUT2D eigenvalue weighted by molar-refractivity contribution is 6.41. The summed E-state index contributed by atoms with van der Waals surface area (Å²) < 4.78 is 0. The predicted molar refractivity (Wildman–Crippen MR) is 99.9 cm³/mol. The van der Waals surface area contributed by atoms with Crippen molar-refractivity contribution in [3.8, 4) is 5.75 Å². The molecule has 0 bridgehead atoms. The van der Waals surface area contributed by atoms with Gasteiger partial charge in [-0.25, -0.2) is 0 Å². The van der Waals surface area contributed by atoms with Gasteiger partial charge in [0.2, 0.25) is 5.78 Å². The van der Waals surface area contributed by atoms with Crippen LogP contribution in [0.25, 0.3) is 5.57 Å². The molecular weight excluding hydrogens is 332 g/mol. The van der Waals surface area contributed by atoms with Crippen LogP contribution in [-0.2, 0) is 9.59 Å². The largest absolute Gasteiger partial charge is 0.507 e. The number of hydrogen-bond acceptors (Lipinski definition) is 6. The molecule has 0 atom stereocenters. The van der Waals surface area contributed by atoms with Crippen molar-refractivity contribution in [2.75, 3.05) is 33.1 Å². The van der Waals surface area contributed by atoms with E-state index in [0.29, 0.717) is 5.70 Å². The Hall–Kier alpha value is -3.28. The van der Waals surface area contributed by atoms with Crippen molar-refractivity contribution >= 4 is 22.8 Å². The third kappa shape index (κ3) is 2.69. The van der Waals surface area contributed by atoms with Crippen molar-refractivity contribution in [3.63, 3.8) is 0 Å². The van der Waals surface area contributed by atoms with Crippen molar-refractivity contribution < 1.29 is 19.8 Å². The van der Waals surface area contributed by atoms with E-state index < -0.39 is 5.78 Å². The minimum atomic E-state index is -0.454. The molecule has 1 aromatic rings. The molecule has 2 aliphatic rings. The number of allylic oxidation sites excluding steroid dienone is 6. The van der Waals surface area contributed by atoms with Crippen molar-refractivity contribution in [2.24, 2.45) is 0 Å². The fraction of sp³-hybridized carbons (Fsp3) is 0.200. The van der Waals surface area contributed by atoms with E-state index in [9.17, 15) is 19.8 Å². The molecule has 6 heteroatoms. The van der Waals surface area contributed by atoms with E-state index in [1.165, 1.54) is 18.2 Å². The summed E-state index contributed by atoms with van der Waals surface area (Å²) in [5.41, 5.74) is 1.91. The summed E-state index contributed by atoms with van der Waals surface area (Å²) in [5, 5.41) is 20.6. The van der Waals surface area contributed by atoms with Gasteiger partial charge in [0, 0.05) is 62.9 Å². The summed E-state index contributed by atoms with van der Waals surface area (Å²) >= 11 is 0. The number of phenols is 1. The lowest BCUT2D eigenvalue weighted by atomic mass is 9.79. The number of benzene rings is 1. The Morgan fingerprint density at radius 3 is 2.08 bits per heavy atom. The first-order valence-corrected chi connectivity index (χ1v) is 8.07. The Bertz CT molecular complexity index is 947. The van der Waals surface area contributed by atoms with E-state index >= 15 is 0 Å². The average molecular weight is 352 g/mol. The van der Waals surface area contributed by atoms with Crippen LogP contribution in [0, 0.1) is 0 Å². The van der Waals surface area contributed by atoms with Gasteiger partial charge in [-0.05, 0) is 24.3 Å². The monoisotopic (exact) mass is 352 g/mol. The number of anilines is 1. The van der Waals surface area contributed by atoms with Crippen LogP contribution in [0.15, 0.2) is 59.0 Å². The molecule has 0 fully saturated rings. The summed E-state index contributed by atoms with van der Waals surface area (Å²) in [4.78, 5) is 28.5. The highest BCUT2D eigenvalue weighted by Gasteiger charge is 2.39. The minimum Gasteiger partial charge on any atom is -0.507 e. The number of Topliss-reactive ketones (excluding diaryl/α,β-unsaturated/α-hetero) is 1. The molecule has 0 aromatic heterocycles. The van der Waals surface area contributed by atoms with Crippen LogP contribution >= 0.6 is 0 Å². The second-order valence-electron chi connectivity index (χ2n) is 6.60. The molecule has 0 heterocycles.